The second-order valence-corrected chi connectivity index (χ2v) is 2.35. The molecule has 1 rings (SSSR count). The van der Waals surface area contributed by atoms with Gasteiger partial charge in [0.1, 0.15) is 0 Å². The zero-order valence-corrected chi connectivity index (χ0v) is 8.13. The highest BCUT2D eigenvalue weighted by molar-refractivity contribution is 5.85. The third-order valence-electron chi connectivity index (χ3n) is 1.55. The number of carbonyl (C=O) groups is 1. The molecule has 0 radical (unpaired) electrons. The molecule has 1 heterocycles. The van der Waals surface area contributed by atoms with Crippen molar-refractivity contribution in [2.45, 2.75) is 6.42 Å². The van der Waals surface area contributed by atoms with Crippen LogP contribution in [-0.2, 0) is 4.79 Å². The fraction of sp³-hybridized carbons (Fsp3) is 0.833. The van der Waals surface area contributed by atoms with Gasteiger partial charge >= 0.3 is 0 Å². The molecule has 0 aliphatic carbocycles. The summed E-state index contributed by atoms with van der Waals surface area (Å²) in [5, 5.41) is 3.04. The fourth-order valence-electron chi connectivity index (χ4n) is 0.896. The van der Waals surface area contributed by atoms with Crippen LogP contribution in [0, 0.1) is 0 Å². The van der Waals surface area contributed by atoms with Crippen LogP contribution in [-0.4, -0.2) is 37.5 Å². The first-order valence-electron chi connectivity index (χ1n) is 3.25. The summed E-state index contributed by atoms with van der Waals surface area (Å²) in [5.41, 5.74) is 0. The van der Waals surface area contributed by atoms with Crippen LogP contribution in [0.1, 0.15) is 6.42 Å². The minimum atomic E-state index is 0. The van der Waals surface area contributed by atoms with Gasteiger partial charge in [0.05, 0.1) is 6.54 Å². The zero-order valence-electron chi connectivity index (χ0n) is 6.50. The quantitative estimate of drug-likeness (QED) is 0.610. The van der Waals surface area contributed by atoms with E-state index < -0.39 is 0 Å². The molecule has 0 atom stereocenters. The predicted octanol–water partition coefficient (Wildman–Crippen LogP) is 0.282. The third kappa shape index (κ3) is 4.45. The Kier molecular flexibility index (Phi) is 8.28. The maximum atomic E-state index is 10.9. The molecule has 0 aromatic heterocycles. The van der Waals surface area contributed by atoms with Gasteiger partial charge in [-0.05, 0) is 13.0 Å². The van der Waals surface area contributed by atoms with Crippen LogP contribution in [0.4, 0.5) is 0 Å². The van der Waals surface area contributed by atoms with E-state index in [-0.39, 0.29) is 30.7 Å². The molecule has 0 saturated carbocycles. The minimum absolute atomic E-state index is 0. The molecule has 0 unspecified atom stereocenters. The van der Waals surface area contributed by atoms with Crippen molar-refractivity contribution in [1.82, 2.24) is 10.2 Å². The molecule has 1 amide bonds. The molecule has 1 aliphatic heterocycles. The second-order valence-electron chi connectivity index (χ2n) is 2.35. The first kappa shape index (κ1) is 13.6. The molecule has 3 nitrogen and oxygen atoms in total. The molecule has 11 heavy (non-hydrogen) atoms. The van der Waals surface area contributed by atoms with Crippen molar-refractivity contribution in [2.24, 2.45) is 0 Å². The summed E-state index contributed by atoms with van der Waals surface area (Å²) in [6.45, 7) is 2.37. The second kappa shape index (κ2) is 6.70. The van der Waals surface area contributed by atoms with Crippen LogP contribution >= 0.6 is 24.8 Å². The number of hydrogen-bond acceptors (Lipinski definition) is 2. The van der Waals surface area contributed by atoms with Crippen LogP contribution in [0.3, 0.4) is 0 Å². The van der Waals surface area contributed by atoms with Gasteiger partial charge in [-0.15, -0.1) is 24.8 Å². The van der Waals surface area contributed by atoms with Gasteiger partial charge in [0, 0.05) is 13.6 Å². The highest BCUT2D eigenvalue weighted by Crippen LogP contribution is 1.90. The van der Waals surface area contributed by atoms with Gasteiger partial charge in [0.2, 0.25) is 5.91 Å². The molecular formula is C6H14Cl2N2O. The average molecular weight is 201 g/mol. The number of amides is 1. The van der Waals surface area contributed by atoms with E-state index in [9.17, 15) is 4.79 Å². The van der Waals surface area contributed by atoms with Gasteiger partial charge in [0.15, 0.2) is 0 Å². The molecule has 0 aromatic rings. The van der Waals surface area contributed by atoms with Crippen molar-refractivity contribution in [1.29, 1.82) is 0 Å². The summed E-state index contributed by atoms with van der Waals surface area (Å²) in [5.74, 6) is 0.201. The Balaban J connectivity index is 0. The van der Waals surface area contributed by atoms with Crippen LogP contribution in [0.5, 0.6) is 0 Å². The molecule has 1 fully saturated rings. The van der Waals surface area contributed by atoms with Crippen molar-refractivity contribution in [2.75, 3.05) is 26.7 Å². The van der Waals surface area contributed by atoms with E-state index in [4.69, 9.17) is 0 Å². The largest absolute Gasteiger partial charge is 0.345 e. The normalized spacial score (nSPS) is 17.9. The Morgan fingerprint density at radius 3 is 2.73 bits per heavy atom. The maximum absolute atomic E-state index is 10.9. The first-order valence-corrected chi connectivity index (χ1v) is 3.25. The van der Waals surface area contributed by atoms with Gasteiger partial charge in [0.25, 0.3) is 0 Å². The van der Waals surface area contributed by atoms with E-state index in [2.05, 4.69) is 5.32 Å². The smallest absolute Gasteiger partial charge is 0.236 e. The molecule has 1 aliphatic rings. The van der Waals surface area contributed by atoms with E-state index >= 15 is 0 Å². The van der Waals surface area contributed by atoms with Crippen molar-refractivity contribution in [3.05, 3.63) is 0 Å². The molecule has 1 saturated heterocycles. The third-order valence-corrected chi connectivity index (χ3v) is 1.55. The SMILES string of the molecule is CN1CCCNCC1=O.Cl.Cl. The highest BCUT2D eigenvalue weighted by atomic mass is 35.5. The maximum Gasteiger partial charge on any atom is 0.236 e. The van der Waals surface area contributed by atoms with Gasteiger partial charge in [-0.25, -0.2) is 0 Å². The first-order chi connectivity index (χ1) is 4.30. The van der Waals surface area contributed by atoms with E-state index in [0.29, 0.717) is 6.54 Å². The number of nitrogens with zero attached hydrogens (tertiary/aromatic N) is 1. The topological polar surface area (TPSA) is 32.3 Å². The fourth-order valence-corrected chi connectivity index (χ4v) is 0.896. The number of hydrogen-bond donors (Lipinski definition) is 1. The van der Waals surface area contributed by atoms with Crippen LogP contribution in [0.25, 0.3) is 0 Å². The van der Waals surface area contributed by atoms with Gasteiger partial charge in [-0.3, -0.25) is 4.79 Å². The lowest BCUT2D eigenvalue weighted by Crippen LogP contribution is -2.31. The lowest BCUT2D eigenvalue weighted by molar-refractivity contribution is -0.128. The summed E-state index contributed by atoms with van der Waals surface area (Å²) in [7, 11) is 1.84. The zero-order chi connectivity index (χ0) is 6.69. The molecule has 0 bridgehead atoms. The summed E-state index contributed by atoms with van der Waals surface area (Å²) >= 11 is 0. The number of rotatable bonds is 0. The monoisotopic (exact) mass is 200 g/mol. The number of carbonyl (C=O) groups excluding carboxylic acids is 1. The Bertz CT molecular complexity index is 121. The van der Waals surface area contributed by atoms with Gasteiger partial charge < -0.3 is 10.2 Å². The highest BCUT2D eigenvalue weighted by Gasteiger charge is 2.10. The molecule has 0 aromatic carbocycles. The molecule has 5 heteroatoms. The Hall–Kier alpha value is 0.01000. The van der Waals surface area contributed by atoms with Crippen LogP contribution in [0.2, 0.25) is 0 Å². The molecule has 1 N–H and O–H groups in total. The lowest BCUT2D eigenvalue weighted by Gasteiger charge is -2.11. The van der Waals surface area contributed by atoms with Crippen molar-refractivity contribution in [3.63, 3.8) is 0 Å². The summed E-state index contributed by atoms with van der Waals surface area (Å²) < 4.78 is 0. The Morgan fingerprint density at radius 2 is 2.09 bits per heavy atom. The van der Waals surface area contributed by atoms with Gasteiger partial charge in [-0.2, -0.15) is 0 Å². The molecule has 0 spiro atoms. The summed E-state index contributed by atoms with van der Waals surface area (Å²) in [4.78, 5) is 12.6. The standard InChI is InChI=1S/C6H12N2O.2ClH/c1-8-4-2-3-7-5-6(8)9;;/h7H,2-5H2,1H3;2*1H. The van der Waals surface area contributed by atoms with E-state index in [0.717, 1.165) is 19.5 Å². The lowest BCUT2D eigenvalue weighted by atomic mass is 10.4. The van der Waals surface area contributed by atoms with E-state index in [1.54, 1.807) is 4.90 Å². The Labute approximate surface area is 79.3 Å². The number of likely N-dealkylation sites (N-methyl/N-ethyl adjacent to an activating group) is 1. The minimum Gasteiger partial charge on any atom is -0.345 e. The summed E-state index contributed by atoms with van der Waals surface area (Å²) in [6, 6.07) is 0. The van der Waals surface area contributed by atoms with Crippen LogP contribution in [0.15, 0.2) is 0 Å². The van der Waals surface area contributed by atoms with E-state index in [1.807, 2.05) is 7.05 Å². The van der Waals surface area contributed by atoms with Crippen molar-refractivity contribution in [3.8, 4) is 0 Å². The average Bonchev–Trinajstić information content (AvgIpc) is 1.99. The van der Waals surface area contributed by atoms with Crippen molar-refractivity contribution >= 4 is 30.7 Å². The van der Waals surface area contributed by atoms with Gasteiger partial charge in [-0.1, -0.05) is 0 Å². The molecular weight excluding hydrogens is 187 g/mol. The Morgan fingerprint density at radius 1 is 1.45 bits per heavy atom. The molecule has 68 valence electrons. The number of nitrogens with one attached hydrogen (secondary N) is 1. The number of halogens is 2. The predicted molar refractivity (Wildman–Crippen MR) is 49.6 cm³/mol. The van der Waals surface area contributed by atoms with Crippen molar-refractivity contribution < 1.29 is 4.79 Å². The van der Waals surface area contributed by atoms with E-state index in [1.165, 1.54) is 0 Å². The summed E-state index contributed by atoms with van der Waals surface area (Å²) in [6.07, 6.45) is 1.07. The van der Waals surface area contributed by atoms with Crippen LogP contribution < -0.4 is 5.32 Å².